The number of aromatic nitrogens is 1. The summed E-state index contributed by atoms with van der Waals surface area (Å²) in [6, 6.07) is 17.4. The minimum absolute atomic E-state index is 0.0560. The molecule has 4 aromatic rings. The van der Waals surface area contributed by atoms with Gasteiger partial charge in [-0.15, -0.1) is 0 Å². The van der Waals surface area contributed by atoms with Gasteiger partial charge in [0.05, 0.1) is 17.0 Å². The largest absolute Gasteiger partial charge is 0.450 e. The van der Waals surface area contributed by atoms with E-state index < -0.39 is 6.04 Å². The fourth-order valence-corrected chi connectivity index (χ4v) is 4.45. The van der Waals surface area contributed by atoms with Crippen LogP contribution in [0.2, 0.25) is 0 Å². The molecule has 1 atom stereocenters. The second kappa shape index (κ2) is 6.93. The fourth-order valence-electron chi connectivity index (χ4n) is 3.67. The first-order chi connectivity index (χ1) is 14.0. The van der Waals surface area contributed by atoms with Crippen LogP contribution in [-0.2, 0) is 0 Å². The van der Waals surface area contributed by atoms with Crippen LogP contribution in [0.4, 0.5) is 5.82 Å². The number of amides is 1. The van der Waals surface area contributed by atoms with Crippen molar-refractivity contribution in [1.29, 1.82) is 0 Å². The summed E-state index contributed by atoms with van der Waals surface area (Å²) in [5.41, 5.74) is 1.27. The average Bonchev–Trinajstić information content (AvgIpc) is 3.02. The van der Waals surface area contributed by atoms with Crippen molar-refractivity contribution in [2.24, 2.45) is 0 Å². The highest BCUT2D eigenvalue weighted by molar-refractivity contribution is 9.10. The van der Waals surface area contributed by atoms with Crippen LogP contribution < -0.4 is 10.3 Å². The molecule has 7 heteroatoms. The molecule has 2 aromatic carbocycles. The number of anilines is 1. The van der Waals surface area contributed by atoms with E-state index in [1.807, 2.05) is 24.3 Å². The molecule has 0 saturated carbocycles. The molecule has 1 aliphatic heterocycles. The van der Waals surface area contributed by atoms with Crippen LogP contribution in [0.25, 0.3) is 11.0 Å². The van der Waals surface area contributed by atoms with E-state index in [9.17, 15) is 9.59 Å². The molecule has 3 heterocycles. The molecular weight excluding hydrogens is 500 g/mol. The van der Waals surface area contributed by atoms with Gasteiger partial charge in [-0.1, -0.05) is 50.1 Å². The standard InChI is InChI=1S/C22H12Br2N2O3/c23-13-5-3-4-12(10-13)19-18-20(27)15-11-14(24)7-8-16(15)29-21(18)22(28)26(19)17-6-1-2-9-25-17/h1-11,19H. The van der Waals surface area contributed by atoms with E-state index >= 15 is 0 Å². The van der Waals surface area contributed by atoms with Crippen LogP contribution in [0.5, 0.6) is 0 Å². The molecule has 0 fully saturated rings. The van der Waals surface area contributed by atoms with Crippen molar-refractivity contribution in [2.45, 2.75) is 6.04 Å². The lowest BCUT2D eigenvalue weighted by atomic mass is 9.98. The van der Waals surface area contributed by atoms with Gasteiger partial charge in [-0.2, -0.15) is 0 Å². The Hall–Kier alpha value is -2.77. The van der Waals surface area contributed by atoms with Crippen molar-refractivity contribution in [2.75, 3.05) is 4.90 Å². The lowest BCUT2D eigenvalue weighted by Crippen LogP contribution is -2.30. The highest BCUT2D eigenvalue weighted by Crippen LogP contribution is 2.41. The van der Waals surface area contributed by atoms with E-state index in [4.69, 9.17) is 4.42 Å². The summed E-state index contributed by atoms with van der Waals surface area (Å²) in [6.07, 6.45) is 1.62. The van der Waals surface area contributed by atoms with Gasteiger partial charge in [0.1, 0.15) is 11.4 Å². The second-order valence-electron chi connectivity index (χ2n) is 6.64. The van der Waals surface area contributed by atoms with Crippen molar-refractivity contribution in [3.63, 3.8) is 0 Å². The molecule has 29 heavy (non-hydrogen) atoms. The molecule has 0 aliphatic carbocycles. The first-order valence-electron chi connectivity index (χ1n) is 8.81. The molecule has 1 unspecified atom stereocenters. The van der Waals surface area contributed by atoms with Gasteiger partial charge < -0.3 is 4.42 Å². The summed E-state index contributed by atoms with van der Waals surface area (Å²) in [4.78, 5) is 32.7. The Morgan fingerprint density at radius 3 is 2.52 bits per heavy atom. The molecule has 5 rings (SSSR count). The maximum absolute atomic E-state index is 13.5. The Labute approximate surface area is 182 Å². The van der Waals surface area contributed by atoms with Crippen molar-refractivity contribution in [3.8, 4) is 0 Å². The van der Waals surface area contributed by atoms with Crippen molar-refractivity contribution < 1.29 is 9.21 Å². The third kappa shape index (κ3) is 2.92. The summed E-state index contributed by atoms with van der Waals surface area (Å²) < 4.78 is 7.55. The fraction of sp³-hybridized carbons (Fsp3) is 0.0455. The monoisotopic (exact) mass is 510 g/mol. The average molecular weight is 512 g/mol. The number of carbonyl (C=O) groups is 1. The number of fused-ring (bicyclic) bond motifs is 2. The molecule has 142 valence electrons. The number of benzene rings is 2. The summed E-state index contributed by atoms with van der Waals surface area (Å²) in [6.45, 7) is 0. The van der Waals surface area contributed by atoms with Crippen LogP contribution in [0.15, 0.2) is 85.0 Å². The number of rotatable bonds is 2. The number of carbonyl (C=O) groups excluding carboxylic acids is 1. The first kappa shape index (κ1) is 18.3. The van der Waals surface area contributed by atoms with Crippen LogP contribution in [0.3, 0.4) is 0 Å². The zero-order chi connectivity index (χ0) is 20.1. The Morgan fingerprint density at radius 2 is 1.76 bits per heavy atom. The van der Waals surface area contributed by atoms with Crippen molar-refractivity contribution in [1.82, 2.24) is 4.98 Å². The molecule has 0 radical (unpaired) electrons. The van der Waals surface area contributed by atoms with Crippen LogP contribution in [0, 0.1) is 0 Å². The lowest BCUT2D eigenvalue weighted by molar-refractivity contribution is 0.0970. The summed E-state index contributed by atoms with van der Waals surface area (Å²) in [5, 5.41) is 0.425. The molecule has 1 amide bonds. The maximum Gasteiger partial charge on any atom is 0.296 e. The molecule has 0 N–H and O–H groups in total. The van der Waals surface area contributed by atoms with Gasteiger partial charge in [0.2, 0.25) is 5.76 Å². The molecule has 1 aliphatic rings. The minimum atomic E-state index is -0.635. The third-order valence-corrected chi connectivity index (χ3v) is 5.88. The quantitative estimate of drug-likeness (QED) is 0.358. The van der Waals surface area contributed by atoms with Gasteiger partial charge >= 0.3 is 0 Å². The molecule has 0 saturated heterocycles. The third-order valence-electron chi connectivity index (χ3n) is 4.89. The van der Waals surface area contributed by atoms with E-state index in [1.54, 1.807) is 42.6 Å². The first-order valence-corrected chi connectivity index (χ1v) is 10.4. The van der Waals surface area contributed by atoms with Crippen molar-refractivity contribution >= 4 is 54.6 Å². The number of halogens is 2. The summed E-state index contributed by atoms with van der Waals surface area (Å²) >= 11 is 6.88. The Bertz CT molecular complexity index is 1340. The van der Waals surface area contributed by atoms with E-state index in [0.29, 0.717) is 22.4 Å². The normalized spacial score (nSPS) is 15.7. The molecule has 2 aromatic heterocycles. The highest BCUT2D eigenvalue weighted by atomic mass is 79.9. The SMILES string of the molecule is O=C1c2oc3ccc(Br)cc3c(=O)c2C(c2cccc(Br)c2)N1c1ccccn1. The van der Waals surface area contributed by atoms with E-state index in [2.05, 4.69) is 36.8 Å². The van der Waals surface area contributed by atoms with Gasteiger partial charge in [0.25, 0.3) is 5.91 Å². The second-order valence-corrected chi connectivity index (χ2v) is 8.47. The van der Waals surface area contributed by atoms with Crippen LogP contribution >= 0.6 is 31.9 Å². The van der Waals surface area contributed by atoms with Gasteiger partial charge in [-0.3, -0.25) is 14.5 Å². The zero-order valence-corrected chi connectivity index (χ0v) is 18.0. The number of hydrogen-bond donors (Lipinski definition) is 0. The van der Waals surface area contributed by atoms with Gasteiger partial charge in [-0.25, -0.2) is 4.98 Å². The van der Waals surface area contributed by atoms with Gasteiger partial charge in [-0.05, 0) is 48.0 Å². The number of hydrogen-bond acceptors (Lipinski definition) is 4. The van der Waals surface area contributed by atoms with Crippen LogP contribution in [-0.4, -0.2) is 10.9 Å². The Kier molecular flexibility index (Phi) is 4.37. The topological polar surface area (TPSA) is 63.4 Å². The maximum atomic E-state index is 13.5. The van der Waals surface area contributed by atoms with E-state index in [0.717, 1.165) is 14.5 Å². The molecular formula is C22H12Br2N2O3. The lowest BCUT2D eigenvalue weighted by Gasteiger charge is -2.24. The zero-order valence-electron chi connectivity index (χ0n) is 14.8. The van der Waals surface area contributed by atoms with E-state index in [1.165, 1.54) is 4.90 Å². The van der Waals surface area contributed by atoms with E-state index in [-0.39, 0.29) is 17.1 Å². The minimum Gasteiger partial charge on any atom is -0.450 e. The highest BCUT2D eigenvalue weighted by Gasteiger charge is 2.44. The number of nitrogens with zero attached hydrogens (tertiary/aromatic N) is 2. The molecule has 0 bridgehead atoms. The smallest absolute Gasteiger partial charge is 0.296 e. The predicted octanol–water partition coefficient (Wildman–Crippen LogP) is 5.46. The molecule has 5 nitrogen and oxygen atoms in total. The van der Waals surface area contributed by atoms with Gasteiger partial charge in [0, 0.05) is 15.1 Å². The Morgan fingerprint density at radius 1 is 0.931 bits per heavy atom. The predicted molar refractivity (Wildman–Crippen MR) is 117 cm³/mol. The van der Waals surface area contributed by atoms with Crippen LogP contribution in [0.1, 0.15) is 27.7 Å². The molecule has 0 spiro atoms. The number of pyridine rings is 1. The summed E-state index contributed by atoms with van der Waals surface area (Å²) in [7, 11) is 0. The Balaban J connectivity index is 1.84. The van der Waals surface area contributed by atoms with Crippen molar-refractivity contribution in [3.05, 3.63) is 103 Å². The van der Waals surface area contributed by atoms with Gasteiger partial charge in [0.15, 0.2) is 5.43 Å². The summed E-state index contributed by atoms with van der Waals surface area (Å²) in [5.74, 6) is 0.129.